The van der Waals surface area contributed by atoms with Crippen LogP contribution >= 0.6 is 0 Å². The van der Waals surface area contributed by atoms with Gasteiger partial charge >= 0.3 is 6.03 Å². The second-order valence-corrected chi connectivity index (χ2v) is 4.30. The number of guanidine groups is 1. The van der Waals surface area contributed by atoms with Crippen molar-refractivity contribution in [3.05, 3.63) is 30.3 Å². The highest BCUT2D eigenvalue weighted by Gasteiger charge is 2.30. The molecule has 4 N–H and O–H groups in total. The van der Waals surface area contributed by atoms with Gasteiger partial charge in [-0.2, -0.15) is 0 Å². The highest BCUT2D eigenvalue weighted by Crippen LogP contribution is 2.10. The molecule has 1 aliphatic heterocycles. The lowest BCUT2D eigenvalue weighted by atomic mass is 10.3. The van der Waals surface area contributed by atoms with Crippen LogP contribution in [-0.2, 0) is 0 Å². The zero-order valence-electron chi connectivity index (χ0n) is 11.7. The van der Waals surface area contributed by atoms with Crippen molar-refractivity contribution in [2.75, 3.05) is 18.4 Å². The molecule has 0 saturated carbocycles. The predicted octanol–water partition coefficient (Wildman–Crippen LogP) is 0.979. The molecule has 1 aliphatic rings. The molecular weight excluding hydrogens is 256 g/mol. The smallest absolute Gasteiger partial charge is 0.326 e. The Bertz CT molecular complexity index is 485. The fourth-order valence-electron chi connectivity index (χ4n) is 2.04. The first-order valence-corrected chi connectivity index (χ1v) is 6.66. The number of nitrogens with two attached hydrogens (primary N) is 1. The zero-order chi connectivity index (χ0) is 14.5. The van der Waals surface area contributed by atoms with E-state index in [-0.39, 0.29) is 6.03 Å². The van der Waals surface area contributed by atoms with Crippen molar-refractivity contribution in [3.8, 4) is 0 Å². The SMILES string of the molecule is CCN(CC)N1C(=O)NC(Nc2ccccc2)=NC1N. The van der Waals surface area contributed by atoms with Crippen LogP contribution in [0.15, 0.2) is 35.3 Å². The second kappa shape index (κ2) is 6.36. The minimum absolute atomic E-state index is 0.283. The monoisotopic (exact) mass is 276 g/mol. The highest BCUT2D eigenvalue weighted by molar-refractivity contribution is 6.04. The Morgan fingerprint density at radius 1 is 1.35 bits per heavy atom. The Hall–Kier alpha value is -2.12. The molecule has 0 bridgehead atoms. The number of nitrogens with one attached hydrogen (secondary N) is 2. The number of urea groups is 1. The lowest BCUT2D eigenvalue weighted by Gasteiger charge is -2.38. The predicted molar refractivity (Wildman–Crippen MR) is 78.8 cm³/mol. The number of nitrogens with zero attached hydrogens (tertiary/aromatic N) is 3. The second-order valence-electron chi connectivity index (χ2n) is 4.30. The first-order valence-electron chi connectivity index (χ1n) is 6.66. The third kappa shape index (κ3) is 3.06. The molecule has 0 saturated heterocycles. The maximum absolute atomic E-state index is 12.1. The molecule has 20 heavy (non-hydrogen) atoms. The van der Waals surface area contributed by atoms with E-state index in [2.05, 4.69) is 15.6 Å². The first kappa shape index (κ1) is 14.3. The number of benzene rings is 1. The van der Waals surface area contributed by atoms with E-state index in [1.807, 2.05) is 49.2 Å². The minimum Gasteiger partial charge on any atom is -0.326 e. The van der Waals surface area contributed by atoms with Crippen LogP contribution in [0.2, 0.25) is 0 Å². The standard InChI is InChI=1S/C13H20N6O/c1-3-18(4-2)19-11(14)16-12(17-13(19)20)15-10-8-6-5-7-9-10/h5-9,11H,3-4,14H2,1-2H3,(H2,15,16,17,20). The maximum Gasteiger partial charge on any atom is 0.341 e. The molecule has 0 radical (unpaired) electrons. The van der Waals surface area contributed by atoms with E-state index in [1.165, 1.54) is 5.01 Å². The topological polar surface area (TPSA) is 86.0 Å². The minimum atomic E-state index is -0.727. The van der Waals surface area contributed by atoms with Crippen LogP contribution in [0, 0.1) is 0 Å². The molecule has 108 valence electrons. The summed E-state index contributed by atoms with van der Waals surface area (Å²) >= 11 is 0. The summed E-state index contributed by atoms with van der Waals surface area (Å²) in [6.07, 6.45) is -0.727. The largest absolute Gasteiger partial charge is 0.341 e. The summed E-state index contributed by atoms with van der Waals surface area (Å²) in [6.45, 7) is 5.30. The molecule has 1 aromatic rings. The molecule has 0 aromatic heterocycles. The highest BCUT2D eigenvalue weighted by atomic mass is 16.2. The van der Waals surface area contributed by atoms with Crippen LogP contribution in [0.1, 0.15) is 13.8 Å². The zero-order valence-corrected chi connectivity index (χ0v) is 11.7. The molecule has 1 unspecified atom stereocenters. The summed E-state index contributed by atoms with van der Waals surface area (Å²) in [5, 5.41) is 8.99. The van der Waals surface area contributed by atoms with Crippen molar-refractivity contribution in [2.24, 2.45) is 10.7 Å². The summed E-state index contributed by atoms with van der Waals surface area (Å²) in [5.41, 5.74) is 6.80. The van der Waals surface area contributed by atoms with Crippen molar-refractivity contribution in [1.29, 1.82) is 0 Å². The van der Waals surface area contributed by atoms with Crippen molar-refractivity contribution in [2.45, 2.75) is 20.1 Å². The number of para-hydroxylation sites is 1. The molecule has 0 aliphatic carbocycles. The van der Waals surface area contributed by atoms with Gasteiger partial charge in [0.05, 0.1) is 0 Å². The molecule has 0 fully saturated rings. The molecule has 1 heterocycles. The summed E-state index contributed by atoms with van der Waals surface area (Å²) in [6, 6.07) is 9.20. The van der Waals surface area contributed by atoms with Gasteiger partial charge in [0.1, 0.15) is 0 Å². The third-order valence-electron chi connectivity index (χ3n) is 3.02. The van der Waals surface area contributed by atoms with Gasteiger partial charge in [0.25, 0.3) is 0 Å². The number of aliphatic imine (C=N–C) groups is 1. The molecular formula is C13H20N6O. The van der Waals surface area contributed by atoms with Crippen LogP contribution in [0.5, 0.6) is 0 Å². The fraction of sp³-hybridized carbons (Fsp3) is 0.385. The van der Waals surface area contributed by atoms with Crippen LogP contribution in [-0.4, -0.2) is 41.4 Å². The summed E-state index contributed by atoms with van der Waals surface area (Å²) in [7, 11) is 0. The number of anilines is 1. The maximum atomic E-state index is 12.1. The molecule has 2 amide bonds. The molecule has 1 aromatic carbocycles. The Morgan fingerprint density at radius 3 is 2.55 bits per heavy atom. The summed E-state index contributed by atoms with van der Waals surface area (Å²) in [5.74, 6) is 0.358. The number of hydrogen-bond donors (Lipinski definition) is 3. The molecule has 7 heteroatoms. The van der Waals surface area contributed by atoms with E-state index in [4.69, 9.17) is 5.73 Å². The summed E-state index contributed by atoms with van der Waals surface area (Å²) < 4.78 is 0. The van der Waals surface area contributed by atoms with Gasteiger partial charge in [0.15, 0.2) is 6.29 Å². The summed E-state index contributed by atoms with van der Waals surface area (Å²) in [4.78, 5) is 16.4. The van der Waals surface area contributed by atoms with Crippen molar-refractivity contribution in [1.82, 2.24) is 15.3 Å². The Labute approximate surface area is 118 Å². The van der Waals surface area contributed by atoms with Crippen molar-refractivity contribution >= 4 is 17.7 Å². The lowest BCUT2D eigenvalue weighted by Crippen LogP contribution is -2.63. The molecule has 7 nitrogen and oxygen atoms in total. The van der Waals surface area contributed by atoms with Crippen LogP contribution in [0.25, 0.3) is 0 Å². The first-order chi connectivity index (χ1) is 9.65. The lowest BCUT2D eigenvalue weighted by molar-refractivity contribution is -0.00905. The van der Waals surface area contributed by atoms with Gasteiger partial charge in [-0.3, -0.25) is 11.1 Å². The van der Waals surface area contributed by atoms with E-state index in [9.17, 15) is 4.79 Å². The van der Waals surface area contributed by atoms with Gasteiger partial charge in [0.2, 0.25) is 5.96 Å². The van der Waals surface area contributed by atoms with Crippen molar-refractivity contribution in [3.63, 3.8) is 0 Å². The number of carbonyl (C=O) groups is 1. The van der Waals surface area contributed by atoms with E-state index >= 15 is 0 Å². The van der Waals surface area contributed by atoms with Gasteiger partial charge in [-0.15, -0.1) is 0 Å². The van der Waals surface area contributed by atoms with Gasteiger partial charge in [-0.25, -0.2) is 19.8 Å². The molecule has 2 rings (SSSR count). The number of hydrogen-bond acceptors (Lipinski definition) is 5. The average Bonchev–Trinajstić information content (AvgIpc) is 2.44. The number of hydrazine groups is 1. The van der Waals surface area contributed by atoms with E-state index in [0.717, 1.165) is 5.69 Å². The van der Waals surface area contributed by atoms with E-state index in [0.29, 0.717) is 19.0 Å². The molecule has 1 atom stereocenters. The van der Waals surface area contributed by atoms with Gasteiger partial charge in [-0.05, 0) is 12.1 Å². The Morgan fingerprint density at radius 2 is 2.00 bits per heavy atom. The molecule has 0 spiro atoms. The normalized spacial score (nSPS) is 18.8. The number of carbonyl (C=O) groups excluding carboxylic acids is 1. The Balaban J connectivity index is 2.12. The Kier molecular flexibility index (Phi) is 4.54. The van der Waals surface area contributed by atoms with Gasteiger partial charge in [0, 0.05) is 18.8 Å². The van der Waals surface area contributed by atoms with Crippen LogP contribution < -0.4 is 16.4 Å². The van der Waals surface area contributed by atoms with Gasteiger partial charge in [-0.1, -0.05) is 32.0 Å². The van der Waals surface area contributed by atoms with Crippen molar-refractivity contribution < 1.29 is 4.79 Å². The number of amides is 2. The van der Waals surface area contributed by atoms with E-state index in [1.54, 1.807) is 0 Å². The number of rotatable bonds is 4. The average molecular weight is 276 g/mol. The third-order valence-corrected chi connectivity index (χ3v) is 3.02. The van der Waals surface area contributed by atoms with Crippen LogP contribution in [0.3, 0.4) is 0 Å². The quantitative estimate of drug-likeness (QED) is 0.765. The van der Waals surface area contributed by atoms with Crippen LogP contribution in [0.4, 0.5) is 10.5 Å². The van der Waals surface area contributed by atoms with Gasteiger partial charge < -0.3 is 5.32 Å². The van der Waals surface area contributed by atoms with E-state index < -0.39 is 6.29 Å². The fourth-order valence-corrected chi connectivity index (χ4v) is 2.04.